The number of hydrogen-bond acceptors (Lipinski definition) is 9. The molecule has 4 N–H and O–H groups in total. The summed E-state index contributed by atoms with van der Waals surface area (Å²) in [5.41, 5.74) is 0.441. The molecule has 2 aromatic carbocycles. The number of hydrogen-bond donors (Lipinski definition) is 3. The predicted molar refractivity (Wildman–Crippen MR) is 124 cm³/mol. The number of rotatable bonds is 9. The van der Waals surface area contributed by atoms with Crippen LogP contribution in [0.3, 0.4) is 0 Å². The molecule has 1 atom stereocenters. The Kier molecular flexibility index (Phi) is 8.36. The first-order chi connectivity index (χ1) is 16.9. The third-order valence-corrected chi connectivity index (χ3v) is 8.02. The Balaban J connectivity index is 1.50. The van der Waals surface area contributed by atoms with Crippen molar-refractivity contribution in [2.45, 2.75) is 22.4 Å². The maximum absolute atomic E-state index is 12.9. The van der Waals surface area contributed by atoms with Crippen LogP contribution in [0.5, 0.6) is 0 Å². The minimum atomic E-state index is -4.07. The van der Waals surface area contributed by atoms with E-state index >= 15 is 0 Å². The van der Waals surface area contributed by atoms with Gasteiger partial charge in [0.1, 0.15) is 6.23 Å². The van der Waals surface area contributed by atoms with Gasteiger partial charge in [0, 0.05) is 25.2 Å². The van der Waals surface area contributed by atoms with Gasteiger partial charge in [-0.3, -0.25) is 19.7 Å². The van der Waals surface area contributed by atoms with E-state index < -0.39 is 43.0 Å². The number of carbonyl (C=O) groups excluding carboxylic acids is 2. The number of nitrogens with two attached hydrogens (primary N) is 1. The Morgan fingerprint density at radius 2 is 1.58 bits per heavy atom. The number of primary sulfonamides is 1. The quantitative estimate of drug-likeness (QED) is 0.203. The van der Waals surface area contributed by atoms with Crippen LogP contribution in [-0.2, 0) is 40.8 Å². The zero-order valence-electron chi connectivity index (χ0n) is 18.7. The number of nitrogens with one attached hydrogen (secondary N) is 2. The van der Waals surface area contributed by atoms with E-state index in [1.54, 1.807) is 0 Å². The van der Waals surface area contributed by atoms with Gasteiger partial charge in [0.25, 0.3) is 5.69 Å². The molecule has 1 saturated heterocycles. The fraction of sp³-hybridized carbons (Fsp3) is 0.300. The fourth-order valence-electron chi connectivity index (χ4n) is 3.32. The Hall–Kier alpha value is -3.44. The van der Waals surface area contributed by atoms with Crippen molar-refractivity contribution >= 4 is 37.5 Å². The van der Waals surface area contributed by atoms with Crippen molar-refractivity contribution in [3.05, 3.63) is 64.2 Å². The fourth-order valence-corrected chi connectivity index (χ4v) is 5.35. The average molecular weight is 542 g/mol. The lowest BCUT2D eigenvalue weighted by atomic mass is 10.1. The number of nitro groups is 1. The normalized spacial score (nSPS) is 16.4. The first-order valence-corrected chi connectivity index (χ1v) is 13.4. The van der Waals surface area contributed by atoms with Gasteiger partial charge in [-0.15, -0.1) is 0 Å². The molecule has 3 rings (SSSR count). The van der Waals surface area contributed by atoms with E-state index in [-0.39, 0.29) is 41.7 Å². The summed E-state index contributed by atoms with van der Waals surface area (Å²) in [5, 5.41) is 20.6. The van der Waals surface area contributed by atoms with Crippen molar-refractivity contribution in [1.29, 1.82) is 0 Å². The van der Waals surface area contributed by atoms with Crippen LogP contribution >= 0.6 is 0 Å². The molecule has 1 aliphatic rings. The largest absolute Gasteiger partial charge is 0.359 e. The van der Waals surface area contributed by atoms with E-state index in [1.165, 1.54) is 24.3 Å². The summed E-state index contributed by atoms with van der Waals surface area (Å²) in [6.07, 6.45) is -0.754. The van der Waals surface area contributed by atoms with Gasteiger partial charge >= 0.3 is 11.8 Å². The van der Waals surface area contributed by atoms with Gasteiger partial charge in [-0.05, 0) is 36.2 Å². The zero-order chi connectivity index (χ0) is 26.5. The van der Waals surface area contributed by atoms with Gasteiger partial charge in [0.2, 0.25) is 20.0 Å². The van der Waals surface area contributed by atoms with Crippen LogP contribution in [0.2, 0.25) is 0 Å². The molecule has 1 fully saturated rings. The molecule has 16 heteroatoms. The lowest BCUT2D eigenvalue weighted by Crippen LogP contribution is -2.47. The number of nitro benzene ring substituents is 1. The van der Waals surface area contributed by atoms with Gasteiger partial charge < -0.3 is 15.4 Å². The smallest absolute Gasteiger partial charge is 0.309 e. The standard InChI is InChI=1S/C20H23N5O9S2/c21-35(30,31)16-5-1-14(2-6-16)9-10-22-19(26)20(27)23-13-18-24(11-12-34-18)36(32,33)17-7-3-15(4-8-17)25(28)29/h1-8,18H,9-13H2,(H,22,26)(H,23,27)(H2,21,30,31)/t18-/m0/s1. The van der Waals surface area contributed by atoms with Crippen LogP contribution in [0.1, 0.15) is 5.56 Å². The van der Waals surface area contributed by atoms with Crippen LogP contribution in [0.25, 0.3) is 0 Å². The molecular weight excluding hydrogens is 518 g/mol. The number of nitrogens with zero attached hydrogens (tertiary/aromatic N) is 2. The minimum absolute atomic E-state index is 0.00367. The molecule has 0 aromatic heterocycles. The Morgan fingerprint density at radius 1 is 1.00 bits per heavy atom. The average Bonchev–Trinajstić information content (AvgIpc) is 3.32. The summed E-state index contributed by atoms with van der Waals surface area (Å²) >= 11 is 0. The topological polar surface area (TPSA) is 208 Å². The highest BCUT2D eigenvalue weighted by molar-refractivity contribution is 7.89. The number of non-ortho nitro benzene ring substituents is 1. The Morgan fingerprint density at radius 3 is 2.17 bits per heavy atom. The molecule has 1 aliphatic heterocycles. The summed E-state index contributed by atoms with van der Waals surface area (Å²) in [5.74, 6) is -1.94. The van der Waals surface area contributed by atoms with E-state index in [4.69, 9.17) is 9.88 Å². The molecule has 2 amide bonds. The maximum Gasteiger partial charge on any atom is 0.309 e. The van der Waals surface area contributed by atoms with Crippen LogP contribution in [0, 0.1) is 10.1 Å². The highest BCUT2D eigenvalue weighted by atomic mass is 32.2. The molecule has 0 aliphatic carbocycles. The van der Waals surface area contributed by atoms with Crippen molar-refractivity contribution in [2.24, 2.45) is 5.14 Å². The van der Waals surface area contributed by atoms with Gasteiger partial charge in [-0.1, -0.05) is 12.1 Å². The molecule has 0 saturated carbocycles. The Labute approximate surface area is 206 Å². The highest BCUT2D eigenvalue weighted by Crippen LogP contribution is 2.24. The molecular formula is C20H23N5O9S2. The van der Waals surface area contributed by atoms with Crippen molar-refractivity contribution in [3.8, 4) is 0 Å². The number of benzene rings is 2. The van der Waals surface area contributed by atoms with Crippen molar-refractivity contribution < 1.29 is 36.1 Å². The predicted octanol–water partition coefficient (Wildman–Crippen LogP) is -0.936. The third-order valence-electron chi connectivity index (χ3n) is 5.19. The second-order valence-corrected chi connectivity index (χ2v) is 11.0. The summed E-state index contributed by atoms with van der Waals surface area (Å²) in [6, 6.07) is 10.1. The third kappa shape index (κ3) is 6.61. The molecule has 0 bridgehead atoms. The molecule has 0 unspecified atom stereocenters. The molecule has 194 valence electrons. The number of sulfonamides is 2. The second-order valence-electron chi connectivity index (χ2n) is 7.60. The lowest BCUT2D eigenvalue weighted by Gasteiger charge is -2.22. The summed E-state index contributed by atoms with van der Waals surface area (Å²) in [7, 11) is -7.88. The monoisotopic (exact) mass is 541 g/mol. The van der Waals surface area contributed by atoms with Gasteiger partial charge in [-0.25, -0.2) is 22.0 Å². The van der Waals surface area contributed by atoms with Crippen molar-refractivity contribution in [2.75, 3.05) is 26.2 Å². The first kappa shape index (κ1) is 27.2. The van der Waals surface area contributed by atoms with Crippen LogP contribution in [0.4, 0.5) is 5.69 Å². The van der Waals surface area contributed by atoms with E-state index in [1.807, 2.05) is 0 Å². The SMILES string of the molecule is NS(=O)(=O)c1ccc(CCNC(=O)C(=O)NC[C@@H]2OCCN2S(=O)(=O)c2ccc([N+](=O)[O-])cc2)cc1. The first-order valence-electron chi connectivity index (χ1n) is 10.5. The van der Waals surface area contributed by atoms with Crippen molar-refractivity contribution in [1.82, 2.24) is 14.9 Å². The zero-order valence-corrected chi connectivity index (χ0v) is 20.3. The van der Waals surface area contributed by atoms with E-state index in [0.717, 1.165) is 28.6 Å². The molecule has 0 radical (unpaired) electrons. The van der Waals surface area contributed by atoms with Crippen LogP contribution < -0.4 is 15.8 Å². The van der Waals surface area contributed by atoms with E-state index in [2.05, 4.69) is 10.6 Å². The minimum Gasteiger partial charge on any atom is -0.359 e. The Bertz CT molecular complexity index is 1340. The summed E-state index contributed by atoms with van der Waals surface area (Å²) in [6.45, 7) is -0.158. The van der Waals surface area contributed by atoms with E-state index in [9.17, 15) is 36.5 Å². The number of carbonyl (C=O) groups is 2. The number of ether oxygens (including phenoxy) is 1. The molecule has 14 nitrogen and oxygen atoms in total. The van der Waals surface area contributed by atoms with Crippen LogP contribution in [-0.4, -0.2) is 70.3 Å². The molecule has 0 spiro atoms. The lowest BCUT2D eigenvalue weighted by molar-refractivity contribution is -0.384. The maximum atomic E-state index is 12.9. The highest BCUT2D eigenvalue weighted by Gasteiger charge is 2.37. The summed E-state index contributed by atoms with van der Waals surface area (Å²) in [4.78, 5) is 34.1. The van der Waals surface area contributed by atoms with Crippen LogP contribution in [0.15, 0.2) is 58.3 Å². The van der Waals surface area contributed by atoms with Gasteiger partial charge in [0.15, 0.2) is 0 Å². The van der Waals surface area contributed by atoms with E-state index in [0.29, 0.717) is 12.0 Å². The molecule has 1 heterocycles. The summed E-state index contributed by atoms with van der Waals surface area (Å²) < 4.78 is 54.7. The molecule has 2 aromatic rings. The van der Waals surface area contributed by atoms with Gasteiger partial charge in [0.05, 0.1) is 27.9 Å². The van der Waals surface area contributed by atoms with Crippen molar-refractivity contribution in [3.63, 3.8) is 0 Å². The number of amides is 2. The second kappa shape index (κ2) is 11.1. The van der Waals surface area contributed by atoms with Gasteiger partial charge in [-0.2, -0.15) is 4.31 Å². The molecule has 36 heavy (non-hydrogen) atoms.